The fourth-order valence-electron chi connectivity index (χ4n) is 4.35. The summed E-state index contributed by atoms with van der Waals surface area (Å²) in [7, 11) is 1.69. The van der Waals surface area contributed by atoms with Crippen LogP contribution in [0, 0.1) is 0 Å². The van der Waals surface area contributed by atoms with Crippen LogP contribution >= 0.6 is 0 Å². The summed E-state index contributed by atoms with van der Waals surface area (Å²) in [6, 6.07) is 8.70. The van der Waals surface area contributed by atoms with E-state index in [-0.39, 0.29) is 18.1 Å². The molecule has 26 heavy (non-hydrogen) atoms. The first-order chi connectivity index (χ1) is 12.7. The molecule has 3 aliphatic rings. The van der Waals surface area contributed by atoms with Crippen LogP contribution in [-0.4, -0.2) is 73.9 Å². The number of amides is 1. The molecule has 3 atom stereocenters. The summed E-state index contributed by atoms with van der Waals surface area (Å²) in [6.07, 6.45) is 2.76. The van der Waals surface area contributed by atoms with Gasteiger partial charge in [-0.05, 0) is 37.0 Å². The first kappa shape index (κ1) is 17.8. The minimum absolute atomic E-state index is 0.153. The molecular weight excluding hydrogens is 332 g/mol. The highest BCUT2D eigenvalue weighted by Crippen LogP contribution is 2.33. The smallest absolute Gasteiger partial charge is 0.251 e. The molecule has 4 rings (SSSR count). The Hall–Kier alpha value is -1.63. The average molecular weight is 360 g/mol. The second kappa shape index (κ2) is 7.94. The van der Waals surface area contributed by atoms with Crippen molar-refractivity contribution in [3.05, 3.63) is 29.8 Å². The molecule has 0 N–H and O–H groups in total. The van der Waals surface area contributed by atoms with Gasteiger partial charge in [-0.25, -0.2) is 0 Å². The van der Waals surface area contributed by atoms with E-state index >= 15 is 0 Å². The number of likely N-dealkylation sites (tertiary alicyclic amines) is 1. The van der Waals surface area contributed by atoms with Crippen LogP contribution in [0.1, 0.15) is 24.8 Å². The van der Waals surface area contributed by atoms with Gasteiger partial charge in [-0.2, -0.15) is 0 Å². The molecule has 0 aromatic heterocycles. The van der Waals surface area contributed by atoms with Gasteiger partial charge >= 0.3 is 0 Å². The zero-order valence-corrected chi connectivity index (χ0v) is 15.4. The van der Waals surface area contributed by atoms with Crippen LogP contribution in [-0.2, 0) is 20.8 Å². The normalized spacial score (nSPS) is 29.4. The molecule has 0 unspecified atom stereocenters. The molecule has 0 aliphatic carbocycles. The fourth-order valence-corrected chi connectivity index (χ4v) is 4.35. The van der Waals surface area contributed by atoms with Crippen LogP contribution < -0.4 is 4.74 Å². The maximum Gasteiger partial charge on any atom is 0.251 e. The molecule has 1 aromatic rings. The third-order valence-corrected chi connectivity index (χ3v) is 5.81. The molecule has 1 aromatic carbocycles. The van der Waals surface area contributed by atoms with E-state index in [1.165, 1.54) is 5.56 Å². The molecule has 3 aliphatic heterocycles. The highest BCUT2D eigenvalue weighted by molar-refractivity contribution is 5.81. The minimum atomic E-state index is -0.268. The SMILES string of the molecule is COc1ccc(CN2CC[C@@H]3O[C@H](C(=O)N4CCOCC4)CC[C@@H]32)cc1. The van der Waals surface area contributed by atoms with E-state index in [0.29, 0.717) is 32.3 Å². The molecule has 142 valence electrons. The Morgan fingerprint density at radius 3 is 2.62 bits per heavy atom. The Bertz CT molecular complexity index is 615. The van der Waals surface area contributed by atoms with Gasteiger partial charge in [0.2, 0.25) is 0 Å². The molecule has 0 spiro atoms. The second-order valence-electron chi connectivity index (χ2n) is 7.35. The largest absolute Gasteiger partial charge is 0.497 e. The number of fused-ring (bicyclic) bond motifs is 1. The lowest BCUT2D eigenvalue weighted by molar-refractivity contribution is -0.158. The Morgan fingerprint density at radius 2 is 1.88 bits per heavy atom. The number of methoxy groups -OCH3 is 1. The van der Waals surface area contributed by atoms with E-state index in [9.17, 15) is 4.79 Å². The second-order valence-corrected chi connectivity index (χ2v) is 7.35. The van der Waals surface area contributed by atoms with Crippen LogP contribution in [0.4, 0.5) is 0 Å². The predicted molar refractivity (Wildman–Crippen MR) is 97.1 cm³/mol. The van der Waals surface area contributed by atoms with Crippen molar-refractivity contribution in [2.75, 3.05) is 40.0 Å². The number of nitrogens with zero attached hydrogens (tertiary/aromatic N) is 2. The van der Waals surface area contributed by atoms with Crippen molar-refractivity contribution in [1.29, 1.82) is 0 Å². The maximum absolute atomic E-state index is 12.7. The van der Waals surface area contributed by atoms with E-state index < -0.39 is 0 Å². The van der Waals surface area contributed by atoms with Gasteiger partial charge in [0.05, 0.1) is 26.4 Å². The Morgan fingerprint density at radius 1 is 1.12 bits per heavy atom. The lowest BCUT2D eigenvalue weighted by Crippen LogP contribution is -2.51. The molecular formula is C20H28N2O4. The van der Waals surface area contributed by atoms with E-state index in [1.807, 2.05) is 17.0 Å². The summed E-state index contributed by atoms with van der Waals surface area (Å²) in [5.74, 6) is 1.04. The van der Waals surface area contributed by atoms with Gasteiger partial charge in [-0.3, -0.25) is 9.69 Å². The van der Waals surface area contributed by atoms with Crippen molar-refractivity contribution in [1.82, 2.24) is 9.80 Å². The number of benzene rings is 1. The number of hydrogen-bond donors (Lipinski definition) is 0. The van der Waals surface area contributed by atoms with Gasteiger partial charge in [-0.15, -0.1) is 0 Å². The van der Waals surface area contributed by atoms with Crippen molar-refractivity contribution in [3.63, 3.8) is 0 Å². The number of hydrogen-bond acceptors (Lipinski definition) is 5. The first-order valence-corrected chi connectivity index (χ1v) is 9.63. The molecule has 6 nitrogen and oxygen atoms in total. The van der Waals surface area contributed by atoms with Crippen LogP contribution in [0.5, 0.6) is 5.75 Å². The predicted octanol–water partition coefficient (Wildman–Crippen LogP) is 1.68. The van der Waals surface area contributed by atoms with Gasteiger partial charge in [-0.1, -0.05) is 12.1 Å². The van der Waals surface area contributed by atoms with Crippen LogP contribution in [0.3, 0.4) is 0 Å². The van der Waals surface area contributed by atoms with E-state index in [2.05, 4.69) is 17.0 Å². The molecule has 0 radical (unpaired) electrons. The molecule has 3 heterocycles. The van der Waals surface area contributed by atoms with Crippen LogP contribution in [0.2, 0.25) is 0 Å². The number of carbonyl (C=O) groups excluding carboxylic acids is 1. The monoisotopic (exact) mass is 360 g/mol. The summed E-state index contributed by atoms with van der Waals surface area (Å²) in [4.78, 5) is 17.1. The lowest BCUT2D eigenvalue weighted by atomic mass is 9.98. The van der Waals surface area contributed by atoms with E-state index in [1.54, 1.807) is 7.11 Å². The van der Waals surface area contributed by atoms with Gasteiger partial charge in [0, 0.05) is 32.2 Å². The zero-order chi connectivity index (χ0) is 17.9. The maximum atomic E-state index is 12.7. The summed E-state index contributed by atoms with van der Waals surface area (Å²) in [6.45, 7) is 4.61. The van der Waals surface area contributed by atoms with Gasteiger partial charge in [0.25, 0.3) is 5.91 Å². The Labute approximate surface area is 155 Å². The first-order valence-electron chi connectivity index (χ1n) is 9.63. The van der Waals surface area contributed by atoms with Crippen LogP contribution in [0.15, 0.2) is 24.3 Å². The quantitative estimate of drug-likeness (QED) is 0.818. The molecule has 0 saturated carbocycles. The number of ether oxygens (including phenoxy) is 3. The third kappa shape index (κ3) is 3.72. The summed E-state index contributed by atoms with van der Waals surface area (Å²) < 4.78 is 16.8. The molecule has 1 amide bonds. The van der Waals surface area contributed by atoms with Gasteiger partial charge < -0.3 is 19.1 Å². The number of rotatable bonds is 4. The van der Waals surface area contributed by atoms with Crippen molar-refractivity contribution in [2.24, 2.45) is 0 Å². The highest BCUT2D eigenvalue weighted by atomic mass is 16.5. The topological polar surface area (TPSA) is 51.2 Å². The Kier molecular flexibility index (Phi) is 5.43. The molecule has 0 bridgehead atoms. The summed E-state index contributed by atoms with van der Waals surface area (Å²) in [5, 5.41) is 0. The highest BCUT2D eigenvalue weighted by Gasteiger charge is 2.42. The van der Waals surface area contributed by atoms with Gasteiger partial charge in [0.15, 0.2) is 0 Å². The zero-order valence-electron chi connectivity index (χ0n) is 15.4. The third-order valence-electron chi connectivity index (χ3n) is 5.81. The van der Waals surface area contributed by atoms with Crippen molar-refractivity contribution < 1.29 is 19.0 Å². The average Bonchev–Trinajstić information content (AvgIpc) is 3.10. The summed E-state index contributed by atoms with van der Waals surface area (Å²) in [5.41, 5.74) is 1.29. The van der Waals surface area contributed by atoms with E-state index in [0.717, 1.165) is 38.1 Å². The fraction of sp³-hybridized carbons (Fsp3) is 0.650. The van der Waals surface area contributed by atoms with Crippen molar-refractivity contribution in [3.8, 4) is 5.75 Å². The van der Waals surface area contributed by atoms with Crippen molar-refractivity contribution >= 4 is 5.91 Å². The Balaban J connectivity index is 1.33. The number of carbonyl (C=O) groups is 1. The van der Waals surface area contributed by atoms with Gasteiger partial charge in [0.1, 0.15) is 11.9 Å². The summed E-state index contributed by atoms with van der Waals surface area (Å²) >= 11 is 0. The van der Waals surface area contributed by atoms with E-state index in [4.69, 9.17) is 14.2 Å². The number of morpholine rings is 1. The van der Waals surface area contributed by atoms with Crippen molar-refractivity contribution in [2.45, 2.75) is 44.1 Å². The van der Waals surface area contributed by atoms with Crippen LogP contribution in [0.25, 0.3) is 0 Å². The molecule has 3 saturated heterocycles. The standard InChI is InChI=1S/C20H28N2O4/c1-24-16-4-2-15(3-5-16)14-22-9-8-18-17(22)6-7-19(26-18)20(23)21-10-12-25-13-11-21/h2-5,17-19H,6-14H2,1H3/t17-,18-,19-/m0/s1. The lowest BCUT2D eigenvalue weighted by Gasteiger charge is -2.38. The minimum Gasteiger partial charge on any atom is -0.497 e. The molecule has 3 fully saturated rings. The molecule has 6 heteroatoms.